The summed E-state index contributed by atoms with van der Waals surface area (Å²) >= 11 is 0. The molecule has 1 fully saturated rings. The molecule has 2 rings (SSSR count). The van der Waals surface area contributed by atoms with Crippen molar-refractivity contribution in [1.29, 1.82) is 0 Å². The van der Waals surface area contributed by atoms with Crippen LogP contribution in [0.15, 0.2) is 30.3 Å². The monoisotopic (exact) mass is 266 g/mol. The fourth-order valence-electron chi connectivity index (χ4n) is 2.10. The van der Waals surface area contributed by atoms with Crippen molar-refractivity contribution in [3.05, 3.63) is 35.9 Å². The summed E-state index contributed by atoms with van der Waals surface area (Å²) in [7, 11) is 0. The highest BCUT2D eigenvalue weighted by Gasteiger charge is 2.46. The van der Waals surface area contributed by atoms with Crippen LogP contribution in [-0.2, 0) is 20.9 Å². The maximum absolute atomic E-state index is 11.8. The van der Waals surface area contributed by atoms with Crippen LogP contribution < -0.4 is 0 Å². The largest absolute Gasteiger partial charge is 0.459 e. The minimum atomic E-state index is -1.03. The minimum absolute atomic E-state index is 0.141. The van der Waals surface area contributed by atoms with Gasteiger partial charge in [0.15, 0.2) is 6.10 Å². The van der Waals surface area contributed by atoms with Gasteiger partial charge in [0.05, 0.1) is 18.3 Å². The molecule has 3 atom stereocenters. The highest BCUT2D eigenvalue weighted by atomic mass is 16.6. The Morgan fingerprint density at radius 2 is 2.16 bits per heavy atom. The number of ether oxygens (including phenoxy) is 2. The second-order valence-corrected chi connectivity index (χ2v) is 5.01. The normalized spacial score (nSPS) is 30.3. The Morgan fingerprint density at radius 1 is 1.47 bits per heavy atom. The maximum atomic E-state index is 11.8. The molecule has 0 spiro atoms. The lowest BCUT2D eigenvalue weighted by Gasteiger charge is -2.20. The van der Waals surface area contributed by atoms with Gasteiger partial charge in [0.1, 0.15) is 6.61 Å². The molecule has 5 nitrogen and oxygen atoms in total. The first-order valence-electron chi connectivity index (χ1n) is 6.21. The topological polar surface area (TPSA) is 76.0 Å². The molecule has 1 aromatic rings. The third-order valence-electron chi connectivity index (χ3n) is 3.19. The summed E-state index contributed by atoms with van der Waals surface area (Å²) < 4.78 is 10.5. The summed E-state index contributed by atoms with van der Waals surface area (Å²) in [4.78, 5) is 11.8. The Morgan fingerprint density at radius 3 is 2.74 bits per heavy atom. The number of esters is 1. The van der Waals surface area contributed by atoms with Crippen LogP contribution in [0.2, 0.25) is 0 Å². The summed E-state index contributed by atoms with van der Waals surface area (Å²) in [5, 5.41) is 18.9. The maximum Gasteiger partial charge on any atom is 0.338 e. The van der Waals surface area contributed by atoms with Crippen molar-refractivity contribution in [1.82, 2.24) is 0 Å². The second kappa shape index (κ2) is 5.69. The Hall–Kier alpha value is -1.43. The van der Waals surface area contributed by atoms with E-state index in [1.165, 1.54) is 0 Å². The Balaban J connectivity index is 1.90. The first-order chi connectivity index (χ1) is 9.04. The number of carbonyl (C=O) groups excluding carboxylic acids is 1. The van der Waals surface area contributed by atoms with Gasteiger partial charge < -0.3 is 19.7 Å². The van der Waals surface area contributed by atoms with Crippen molar-refractivity contribution >= 4 is 5.97 Å². The molecule has 0 bridgehead atoms. The van der Waals surface area contributed by atoms with E-state index in [2.05, 4.69) is 0 Å². The van der Waals surface area contributed by atoms with Crippen molar-refractivity contribution in [2.75, 3.05) is 6.61 Å². The van der Waals surface area contributed by atoms with Crippen LogP contribution >= 0.6 is 0 Å². The highest BCUT2D eigenvalue weighted by Crippen LogP contribution is 2.30. The van der Waals surface area contributed by atoms with Crippen molar-refractivity contribution in [3.8, 4) is 0 Å². The number of carbonyl (C=O) groups is 1. The second-order valence-electron chi connectivity index (χ2n) is 5.01. The van der Waals surface area contributed by atoms with Crippen LogP contribution in [-0.4, -0.2) is 40.6 Å². The number of hydrogen-bond donors (Lipinski definition) is 2. The molecule has 0 unspecified atom stereocenters. The lowest BCUT2D eigenvalue weighted by Crippen LogP contribution is -2.34. The van der Waals surface area contributed by atoms with Gasteiger partial charge in [-0.15, -0.1) is 0 Å². The van der Waals surface area contributed by atoms with E-state index >= 15 is 0 Å². The molecule has 0 aromatic heterocycles. The summed E-state index contributed by atoms with van der Waals surface area (Å²) in [6.07, 6.45) is -1.75. The Kier molecular flexibility index (Phi) is 4.19. The van der Waals surface area contributed by atoms with E-state index in [4.69, 9.17) is 14.6 Å². The van der Waals surface area contributed by atoms with E-state index in [0.717, 1.165) is 5.56 Å². The summed E-state index contributed by atoms with van der Waals surface area (Å²) in [5.41, 5.74) is -0.0104. The first-order valence-corrected chi connectivity index (χ1v) is 6.21. The Labute approximate surface area is 111 Å². The molecule has 5 heteroatoms. The SMILES string of the molecule is C[C@@]1(CO)C[C@@H](O)[C@@H](C(=O)OCc2ccccc2)O1. The molecule has 104 valence electrons. The number of hydrogen-bond acceptors (Lipinski definition) is 5. The zero-order chi connectivity index (χ0) is 13.9. The van der Waals surface area contributed by atoms with Gasteiger partial charge in [-0.05, 0) is 12.5 Å². The van der Waals surface area contributed by atoms with E-state index < -0.39 is 23.8 Å². The number of rotatable bonds is 4. The van der Waals surface area contributed by atoms with Gasteiger partial charge in [-0.1, -0.05) is 30.3 Å². The molecule has 1 heterocycles. The van der Waals surface area contributed by atoms with Crippen LogP contribution in [0.4, 0.5) is 0 Å². The summed E-state index contributed by atoms with van der Waals surface area (Å²) in [5.74, 6) is -0.603. The van der Waals surface area contributed by atoms with Gasteiger partial charge in [0, 0.05) is 6.42 Å². The molecule has 1 aliphatic rings. The summed E-state index contributed by atoms with van der Waals surface area (Å²) in [6.45, 7) is 1.55. The van der Waals surface area contributed by atoms with Crippen LogP contribution in [0.1, 0.15) is 18.9 Å². The Bertz CT molecular complexity index is 433. The summed E-state index contributed by atoms with van der Waals surface area (Å²) in [6, 6.07) is 9.27. The van der Waals surface area contributed by atoms with Gasteiger partial charge in [0.2, 0.25) is 0 Å². The molecule has 0 aliphatic carbocycles. The molecule has 0 radical (unpaired) electrons. The van der Waals surface area contributed by atoms with Crippen LogP contribution in [0.5, 0.6) is 0 Å². The molecule has 1 aliphatic heterocycles. The van der Waals surface area contributed by atoms with E-state index in [9.17, 15) is 9.90 Å². The van der Waals surface area contributed by atoms with Crippen molar-refractivity contribution in [2.45, 2.75) is 37.8 Å². The highest BCUT2D eigenvalue weighted by molar-refractivity contribution is 5.76. The van der Waals surface area contributed by atoms with E-state index in [-0.39, 0.29) is 19.6 Å². The average molecular weight is 266 g/mol. The van der Waals surface area contributed by atoms with E-state index in [0.29, 0.717) is 0 Å². The number of benzene rings is 1. The number of aliphatic hydroxyl groups is 2. The first kappa shape index (κ1) is 14.0. The number of aliphatic hydroxyl groups excluding tert-OH is 2. The lowest BCUT2D eigenvalue weighted by molar-refractivity contribution is -0.167. The third-order valence-corrected chi connectivity index (χ3v) is 3.19. The van der Waals surface area contributed by atoms with Crippen LogP contribution in [0, 0.1) is 0 Å². The van der Waals surface area contributed by atoms with Gasteiger partial charge in [0.25, 0.3) is 0 Å². The van der Waals surface area contributed by atoms with E-state index in [1.54, 1.807) is 6.92 Å². The molecule has 0 amide bonds. The average Bonchev–Trinajstić information content (AvgIpc) is 2.73. The van der Waals surface area contributed by atoms with Crippen molar-refractivity contribution in [3.63, 3.8) is 0 Å². The molecule has 1 aromatic carbocycles. The molecule has 0 saturated carbocycles. The molecule has 2 N–H and O–H groups in total. The zero-order valence-corrected chi connectivity index (χ0v) is 10.8. The minimum Gasteiger partial charge on any atom is -0.459 e. The van der Waals surface area contributed by atoms with E-state index in [1.807, 2.05) is 30.3 Å². The standard InChI is InChI=1S/C14H18O5/c1-14(9-15)7-11(16)12(19-14)13(17)18-8-10-5-3-2-4-6-10/h2-6,11-12,15-16H,7-9H2,1H3/t11-,12+,14+/m1/s1. The predicted octanol–water partition coefficient (Wildman–Crippen LogP) is 0.631. The van der Waals surface area contributed by atoms with Gasteiger partial charge in [-0.2, -0.15) is 0 Å². The fourth-order valence-corrected chi connectivity index (χ4v) is 2.10. The molecule has 1 saturated heterocycles. The van der Waals surface area contributed by atoms with Crippen LogP contribution in [0.3, 0.4) is 0 Å². The molecular formula is C14H18O5. The van der Waals surface area contributed by atoms with Gasteiger partial charge in [-0.25, -0.2) is 4.79 Å². The zero-order valence-electron chi connectivity index (χ0n) is 10.8. The lowest BCUT2D eigenvalue weighted by atomic mass is 10.0. The van der Waals surface area contributed by atoms with Gasteiger partial charge >= 0.3 is 5.97 Å². The smallest absolute Gasteiger partial charge is 0.338 e. The third kappa shape index (κ3) is 3.32. The van der Waals surface area contributed by atoms with Crippen molar-refractivity contribution < 1.29 is 24.5 Å². The van der Waals surface area contributed by atoms with Crippen molar-refractivity contribution in [2.24, 2.45) is 0 Å². The molecule has 19 heavy (non-hydrogen) atoms. The molecular weight excluding hydrogens is 248 g/mol. The predicted molar refractivity (Wildman–Crippen MR) is 67.2 cm³/mol. The fraction of sp³-hybridized carbons (Fsp3) is 0.500. The van der Waals surface area contributed by atoms with Gasteiger partial charge in [-0.3, -0.25) is 0 Å². The van der Waals surface area contributed by atoms with Crippen LogP contribution in [0.25, 0.3) is 0 Å². The quantitative estimate of drug-likeness (QED) is 0.782.